The zero-order valence-electron chi connectivity index (χ0n) is 9.78. The lowest BCUT2D eigenvalue weighted by Crippen LogP contribution is -2.10. The Kier molecular flexibility index (Phi) is 3.49. The highest BCUT2D eigenvalue weighted by Gasteiger charge is 2.22. The zero-order chi connectivity index (χ0) is 13.4. The number of aliphatic hydroxyl groups excluding tert-OH is 1. The lowest BCUT2D eigenvalue weighted by Gasteiger charge is -2.14. The maximum absolute atomic E-state index is 13.7. The van der Waals surface area contributed by atoms with E-state index in [-0.39, 0.29) is 11.1 Å². The standard InChI is InChI=1S/C12H11BrF2N2O/c1-6-3-7(10(15)4-9(6)14)12(18)11-8(13)5-16-17(11)2/h3-5,12,18H,1-2H3. The number of rotatable bonds is 2. The van der Waals surface area contributed by atoms with Gasteiger partial charge in [0.2, 0.25) is 0 Å². The van der Waals surface area contributed by atoms with Crippen LogP contribution < -0.4 is 0 Å². The molecule has 96 valence electrons. The molecule has 0 aliphatic carbocycles. The fourth-order valence-corrected chi connectivity index (χ4v) is 2.33. The highest BCUT2D eigenvalue weighted by atomic mass is 79.9. The molecule has 0 aliphatic heterocycles. The Hall–Kier alpha value is -1.27. The van der Waals surface area contributed by atoms with Gasteiger partial charge in [-0.25, -0.2) is 8.78 Å². The summed E-state index contributed by atoms with van der Waals surface area (Å²) in [4.78, 5) is 0. The molecule has 1 heterocycles. The van der Waals surface area contributed by atoms with Crippen LogP contribution in [0.1, 0.15) is 22.9 Å². The number of halogens is 3. The average Bonchev–Trinajstić information content (AvgIpc) is 2.63. The average molecular weight is 317 g/mol. The van der Waals surface area contributed by atoms with E-state index in [0.717, 1.165) is 6.07 Å². The van der Waals surface area contributed by atoms with Crippen LogP contribution in [0.5, 0.6) is 0 Å². The van der Waals surface area contributed by atoms with Crippen molar-refractivity contribution in [3.05, 3.63) is 51.3 Å². The van der Waals surface area contributed by atoms with E-state index in [4.69, 9.17) is 0 Å². The summed E-state index contributed by atoms with van der Waals surface area (Å²) in [5.74, 6) is -1.41. The molecule has 2 aromatic rings. The molecule has 0 amide bonds. The van der Waals surface area contributed by atoms with Gasteiger partial charge in [0.1, 0.15) is 17.7 Å². The van der Waals surface area contributed by atoms with Crippen molar-refractivity contribution >= 4 is 15.9 Å². The summed E-state index contributed by atoms with van der Waals surface area (Å²) in [7, 11) is 1.64. The van der Waals surface area contributed by atoms with Crippen LogP contribution >= 0.6 is 15.9 Å². The highest BCUT2D eigenvalue weighted by molar-refractivity contribution is 9.10. The molecule has 1 unspecified atom stereocenters. The van der Waals surface area contributed by atoms with Crippen molar-refractivity contribution in [2.45, 2.75) is 13.0 Å². The van der Waals surface area contributed by atoms with Crippen molar-refractivity contribution < 1.29 is 13.9 Å². The Morgan fingerprint density at radius 3 is 2.56 bits per heavy atom. The molecule has 0 spiro atoms. The molecule has 0 bridgehead atoms. The molecule has 1 aromatic heterocycles. The maximum Gasteiger partial charge on any atom is 0.132 e. The number of hydrogen-bond donors (Lipinski definition) is 1. The van der Waals surface area contributed by atoms with Crippen LogP contribution in [-0.4, -0.2) is 14.9 Å². The molecule has 0 fully saturated rings. The van der Waals surface area contributed by atoms with E-state index in [9.17, 15) is 13.9 Å². The third-order valence-corrected chi connectivity index (χ3v) is 3.38. The third-order valence-electron chi connectivity index (χ3n) is 2.77. The highest BCUT2D eigenvalue weighted by Crippen LogP contribution is 2.30. The van der Waals surface area contributed by atoms with Gasteiger partial charge in [-0.15, -0.1) is 0 Å². The Morgan fingerprint density at radius 2 is 2.00 bits per heavy atom. The molecule has 1 N–H and O–H groups in total. The van der Waals surface area contributed by atoms with Gasteiger partial charge in [-0.05, 0) is 34.5 Å². The van der Waals surface area contributed by atoms with Crippen LogP contribution in [0.25, 0.3) is 0 Å². The van der Waals surface area contributed by atoms with Gasteiger partial charge in [-0.2, -0.15) is 5.10 Å². The number of benzene rings is 1. The topological polar surface area (TPSA) is 38.1 Å². The maximum atomic E-state index is 13.7. The second-order valence-electron chi connectivity index (χ2n) is 4.03. The van der Waals surface area contributed by atoms with Crippen molar-refractivity contribution in [3.63, 3.8) is 0 Å². The van der Waals surface area contributed by atoms with E-state index < -0.39 is 17.7 Å². The predicted octanol–water partition coefficient (Wildman–Crippen LogP) is 2.85. The van der Waals surface area contributed by atoms with Gasteiger partial charge in [0.25, 0.3) is 0 Å². The van der Waals surface area contributed by atoms with Gasteiger partial charge < -0.3 is 5.11 Å². The SMILES string of the molecule is Cc1cc(C(O)c2c(Br)cnn2C)c(F)cc1F. The number of aromatic nitrogens is 2. The molecule has 0 saturated carbocycles. The lowest BCUT2D eigenvalue weighted by atomic mass is 10.0. The van der Waals surface area contributed by atoms with E-state index >= 15 is 0 Å². The quantitative estimate of drug-likeness (QED) is 0.925. The van der Waals surface area contributed by atoms with Gasteiger partial charge in [0.15, 0.2) is 0 Å². The fourth-order valence-electron chi connectivity index (χ4n) is 1.76. The second kappa shape index (κ2) is 4.78. The summed E-state index contributed by atoms with van der Waals surface area (Å²) in [5, 5.41) is 14.1. The first-order chi connectivity index (χ1) is 8.41. The second-order valence-corrected chi connectivity index (χ2v) is 4.88. The summed E-state index contributed by atoms with van der Waals surface area (Å²) in [5.41, 5.74) is 0.724. The predicted molar refractivity (Wildman–Crippen MR) is 66.1 cm³/mol. The van der Waals surface area contributed by atoms with Gasteiger partial charge >= 0.3 is 0 Å². The first-order valence-corrected chi connectivity index (χ1v) is 6.02. The molecule has 0 aliphatic rings. The van der Waals surface area contributed by atoms with Gasteiger partial charge in [-0.1, -0.05) is 0 Å². The Balaban J connectivity index is 2.53. The number of hydrogen-bond acceptors (Lipinski definition) is 2. The van der Waals surface area contributed by atoms with E-state index in [2.05, 4.69) is 21.0 Å². The number of aryl methyl sites for hydroxylation is 2. The minimum Gasteiger partial charge on any atom is -0.382 e. The molecule has 1 aromatic carbocycles. The van der Waals surface area contributed by atoms with Crippen LogP contribution in [0.2, 0.25) is 0 Å². The molecule has 1 atom stereocenters. The minimum absolute atomic E-state index is 0.0261. The van der Waals surface area contributed by atoms with Gasteiger partial charge in [0, 0.05) is 18.7 Å². The minimum atomic E-state index is -1.20. The summed E-state index contributed by atoms with van der Waals surface area (Å²) >= 11 is 3.23. The van der Waals surface area contributed by atoms with E-state index in [1.54, 1.807) is 7.05 Å². The largest absolute Gasteiger partial charge is 0.382 e. The van der Waals surface area contributed by atoms with Crippen LogP contribution in [-0.2, 0) is 7.05 Å². The van der Waals surface area contributed by atoms with Crippen LogP contribution in [0.4, 0.5) is 8.78 Å². The number of aliphatic hydroxyl groups is 1. The molecule has 3 nitrogen and oxygen atoms in total. The van der Waals surface area contributed by atoms with Crippen LogP contribution in [0, 0.1) is 18.6 Å². The molecule has 18 heavy (non-hydrogen) atoms. The first-order valence-electron chi connectivity index (χ1n) is 5.22. The van der Waals surface area contributed by atoms with E-state index in [0.29, 0.717) is 10.2 Å². The smallest absolute Gasteiger partial charge is 0.132 e. The summed E-state index contributed by atoms with van der Waals surface area (Å²) in [6.07, 6.45) is 0.304. The molecular formula is C12H11BrF2N2O. The number of nitrogens with zero attached hydrogens (tertiary/aromatic N) is 2. The summed E-state index contributed by atoms with van der Waals surface area (Å²) in [6, 6.07) is 2.08. The van der Waals surface area contributed by atoms with Gasteiger partial charge in [-0.3, -0.25) is 4.68 Å². The molecule has 2 rings (SSSR count). The monoisotopic (exact) mass is 316 g/mol. The molecule has 6 heteroatoms. The van der Waals surface area contributed by atoms with Crippen molar-refractivity contribution in [1.82, 2.24) is 9.78 Å². The molecule has 0 saturated heterocycles. The molecular weight excluding hydrogens is 306 g/mol. The normalized spacial score (nSPS) is 12.8. The molecule has 0 radical (unpaired) electrons. The Bertz CT molecular complexity index is 579. The van der Waals surface area contributed by atoms with Crippen molar-refractivity contribution in [3.8, 4) is 0 Å². The fraction of sp³-hybridized carbons (Fsp3) is 0.250. The lowest BCUT2D eigenvalue weighted by molar-refractivity contribution is 0.203. The van der Waals surface area contributed by atoms with Crippen molar-refractivity contribution in [2.75, 3.05) is 0 Å². The van der Waals surface area contributed by atoms with E-state index in [1.807, 2.05) is 0 Å². The van der Waals surface area contributed by atoms with Gasteiger partial charge in [0.05, 0.1) is 16.4 Å². The summed E-state index contributed by atoms with van der Waals surface area (Å²) in [6.45, 7) is 1.52. The van der Waals surface area contributed by atoms with Crippen molar-refractivity contribution in [1.29, 1.82) is 0 Å². The zero-order valence-corrected chi connectivity index (χ0v) is 11.4. The third kappa shape index (κ3) is 2.18. The van der Waals surface area contributed by atoms with Crippen molar-refractivity contribution in [2.24, 2.45) is 7.05 Å². The Labute approximate surface area is 111 Å². The van der Waals surface area contributed by atoms with Crippen LogP contribution in [0.3, 0.4) is 0 Å². The summed E-state index contributed by atoms with van der Waals surface area (Å²) < 4.78 is 28.9. The van der Waals surface area contributed by atoms with Crippen LogP contribution in [0.15, 0.2) is 22.8 Å². The Morgan fingerprint density at radius 1 is 1.33 bits per heavy atom. The first kappa shape index (κ1) is 13.2. The van der Waals surface area contributed by atoms with E-state index in [1.165, 1.54) is 23.9 Å².